The molecule has 1 aromatic heterocycles. The maximum absolute atomic E-state index is 12.7. The van der Waals surface area contributed by atoms with Gasteiger partial charge in [0.15, 0.2) is 0 Å². The number of hydrogen-bond acceptors (Lipinski definition) is 3. The van der Waals surface area contributed by atoms with Gasteiger partial charge in [0, 0.05) is 24.3 Å². The number of alkyl carbamates (subject to hydrolysis) is 1. The van der Waals surface area contributed by atoms with Gasteiger partial charge in [-0.25, -0.2) is 4.79 Å². The maximum Gasteiger partial charge on any atom is 0.408 e. The number of nitrogens with one attached hydrogen (secondary N) is 1. The lowest BCUT2D eigenvalue weighted by Gasteiger charge is -2.24. The van der Waals surface area contributed by atoms with E-state index in [1.54, 1.807) is 20.8 Å². The third kappa shape index (κ3) is 4.36. The second-order valence-corrected chi connectivity index (χ2v) is 7.86. The average molecular weight is 357 g/mol. The third-order valence-corrected chi connectivity index (χ3v) is 4.47. The second-order valence-electron chi connectivity index (χ2n) is 7.86. The first kappa shape index (κ1) is 18.3. The number of rotatable bonds is 5. The molecule has 6 nitrogen and oxygen atoms in total. The van der Waals surface area contributed by atoms with Gasteiger partial charge in [0.05, 0.1) is 6.54 Å². The first-order chi connectivity index (χ1) is 12.2. The zero-order valence-corrected chi connectivity index (χ0v) is 15.9. The lowest BCUT2D eigenvalue weighted by Crippen LogP contribution is -2.42. The number of amides is 2. The Hall–Kier alpha value is -2.50. The molecule has 1 fully saturated rings. The van der Waals surface area contributed by atoms with Crippen molar-refractivity contribution >= 4 is 22.9 Å². The molecule has 26 heavy (non-hydrogen) atoms. The Morgan fingerprint density at radius 2 is 1.96 bits per heavy atom. The van der Waals surface area contributed by atoms with Gasteiger partial charge in [-0.1, -0.05) is 18.2 Å². The molecule has 1 aromatic carbocycles. The number of nitrogens with zero attached hydrogens (tertiary/aromatic N) is 2. The molecule has 1 N–H and O–H groups in total. The highest BCUT2D eigenvalue weighted by molar-refractivity contribution is 5.84. The fourth-order valence-corrected chi connectivity index (χ4v) is 3.04. The van der Waals surface area contributed by atoms with E-state index in [-0.39, 0.29) is 18.5 Å². The molecule has 140 valence electrons. The molecule has 3 rings (SSSR count). The molecule has 0 saturated heterocycles. The first-order valence-corrected chi connectivity index (χ1v) is 9.04. The van der Waals surface area contributed by atoms with Crippen molar-refractivity contribution in [1.29, 1.82) is 0 Å². The fraction of sp³-hybridized carbons (Fsp3) is 0.500. The van der Waals surface area contributed by atoms with Crippen molar-refractivity contribution in [2.24, 2.45) is 7.05 Å². The van der Waals surface area contributed by atoms with Crippen LogP contribution in [0, 0.1) is 0 Å². The van der Waals surface area contributed by atoms with Crippen molar-refractivity contribution < 1.29 is 14.3 Å². The minimum atomic E-state index is -0.577. The monoisotopic (exact) mass is 357 g/mol. The van der Waals surface area contributed by atoms with Crippen LogP contribution >= 0.6 is 0 Å². The summed E-state index contributed by atoms with van der Waals surface area (Å²) in [7, 11) is 2.02. The van der Waals surface area contributed by atoms with Crippen LogP contribution in [0.3, 0.4) is 0 Å². The second kappa shape index (κ2) is 7.02. The van der Waals surface area contributed by atoms with Crippen LogP contribution in [0.2, 0.25) is 0 Å². The highest BCUT2D eigenvalue weighted by atomic mass is 16.6. The van der Waals surface area contributed by atoms with Crippen molar-refractivity contribution in [3.05, 3.63) is 36.0 Å². The van der Waals surface area contributed by atoms with E-state index in [4.69, 9.17) is 4.74 Å². The molecule has 0 atom stereocenters. The number of fused-ring (bicyclic) bond motifs is 1. The van der Waals surface area contributed by atoms with Crippen LogP contribution in [0.25, 0.3) is 10.9 Å². The van der Waals surface area contributed by atoms with Crippen LogP contribution < -0.4 is 5.32 Å². The maximum atomic E-state index is 12.7. The van der Waals surface area contributed by atoms with E-state index in [9.17, 15) is 9.59 Å². The third-order valence-electron chi connectivity index (χ3n) is 4.47. The van der Waals surface area contributed by atoms with Crippen LogP contribution in [0.4, 0.5) is 4.79 Å². The highest BCUT2D eigenvalue weighted by Crippen LogP contribution is 2.29. The topological polar surface area (TPSA) is 63.6 Å². The van der Waals surface area contributed by atoms with Gasteiger partial charge in [-0.2, -0.15) is 0 Å². The van der Waals surface area contributed by atoms with Gasteiger partial charge in [0.2, 0.25) is 5.91 Å². The Kier molecular flexibility index (Phi) is 4.94. The minimum absolute atomic E-state index is 0.0463. The van der Waals surface area contributed by atoms with Crippen LogP contribution in [-0.4, -0.2) is 39.7 Å². The number of para-hydroxylation sites is 1. The Morgan fingerprint density at radius 3 is 2.58 bits per heavy atom. The van der Waals surface area contributed by atoms with Gasteiger partial charge in [-0.05, 0) is 51.1 Å². The van der Waals surface area contributed by atoms with E-state index in [1.807, 2.05) is 24.1 Å². The predicted molar refractivity (Wildman–Crippen MR) is 101 cm³/mol. The van der Waals surface area contributed by atoms with E-state index in [0.717, 1.165) is 24.1 Å². The van der Waals surface area contributed by atoms with Crippen LogP contribution in [0.5, 0.6) is 0 Å². The first-order valence-electron chi connectivity index (χ1n) is 9.04. The SMILES string of the molecule is Cn1c(CN(C(=O)CNC(=O)OC(C)(C)C)C2CC2)cc2ccccc21. The zero-order chi connectivity index (χ0) is 18.9. The molecule has 1 saturated carbocycles. The summed E-state index contributed by atoms with van der Waals surface area (Å²) in [6.07, 6.45) is 1.47. The fourth-order valence-electron chi connectivity index (χ4n) is 3.04. The number of hydrogen-bond donors (Lipinski definition) is 1. The van der Waals surface area contributed by atoms with Gasteiger partial charge in [-0.15, -0.1) is 0 Å². The number of aryl methyl sites for hydroxylation is 1. The van der Waals surface area contributed by atoms with E-state index in [1.165, 1.54) is 5.39 Å². The smallest absolute Gasteiger partial charge is 0.408 e. The van der Waals surface area contributed by atoms with Crippen LogP contribution in [0.15, 0.2) is 30.3 Å². The number of carbonyl (C=O) groups excluding carboxylic acids is 2. The molecule has 0 radical (unpaired) electrons. The molecule has 1 heterocycles. The minimum Gasteiger partial charge on any atom is -0.444 e. The lowest BCUT2D eigenvalue weighted by molar-refractivity contribution is -0.131. The van der Waals surface area contributed by atoms with E-state index < -0.39 is 11.7 Å². The van der Waals surface area contributed by atoms with Gasteiger partial charge < -0.3 is 19.5 Å². The Morgan fingerprint density at radius 1 is 1.27 bits per heavy atom. The molecule has 0 spiro atoms. The summed E-state index contributed by atoms with van der Waals surface area (Å²) < 4.78 is 7.32. The molecular weight excluding hydrogens is 330 g/mol. The predicted octanol–water partition coefficient (Wildman–Crippen LogP) is 3.19. The lowest BCUT2D eigenvalue weighted by atomic mass is 10.2. The molecule has 2 amide bonds. The molecule has 0 bridgehead atoms. The Labute approximate surface area is 154 Å². The summed E-state index contributed by atoms with van der Waals surface area (Å²) >= 11 is 0. The average Bonchev–Trinajstić information content (AvgIpc) is 3.35. The largest absolute Gasteiger partial charge is 0.444 e. The van der Waals surface area contributed by atoms with Crippen molar-refractivity contribution in [1.82, 2.24) is 14.8 Å². The summed E-state index contributed by atoms with van der Waals surface area (Å²) in [5.41, 5.74) is 1.66. The van der Waals surface area contributed by atoms with Crippen molar-refractivity contribution in [2.75, 3.05) is 6.54 Å². The molecular formula is C20H27N3O3. The molecule has 2 aromatic rings. The number of aromatic nitrogens is 1. The van der Waals surface area contributed by atoms with Crippen molar-refractivity contribution in [2.45, 2.75) is 51.8 Å². The highest BCUT2D eigenvalue weighted by Gasteiger charge is 2.33. The Bertz CT molecular complexity index is 815. The molecule has 1 aliphatic rings. The summed E-state index contributed by atoms with van der Waals surface area (Å²) in [5, 5.41) is 3.74. The quantitative estimate of drug-likeness (QED) is 0.894. The van der Waals surface area contributed by atoms with Gasteiger partial charge in [0.25, 0.3) is 0 Å². The summed E-state index contributed by atoms with van der Waals surface area (Å²) in [6.45, 7) is 5.89. The number of benzene rings is 1. The molecule has 6 heteroatoms. The van der Waals surface area contributed by atoms with Crippen LogP contribution in [0.1, 0.15) is 39.3 Å². The zero-order valence-electron chi connectivity index (χ0n) is 15.9. The van der Waals surface area contributed by atoms with Gasteiger partial charge in [0.1, 0.15) is 12.1 Å². The number of carbonyl (C=O) groups is 2. The van der Waals surface area contributed by atoms with E-state index >= 15 is 0 Å². The standard InChI is InChI=1S/C20H27N3O3/c1-20(2,3)26-19(25)21-12-18(24)23(15-9-10-15)13-16-11-14-7-5-6-8-17(14)22(16)4/h5-8,11,15H,9-10,12-13H2,1-4H3,(H,21,25). The van der Waals surface area contributed by atoms with Crippen molar-refractivity contribution in [3.63, 3.8) is 0 Å². The van der Waals surface area contributed by atoms with E-state index in [0.29, 0.717) is 6.54 Å². The Balaban J connectivity index is 1.66. The summed E-state index contributed by atoms with van der Waals surface area (Å²) in [6, 6.07) is 10.6. The van der Waals surface area contributed by atoms with E-state index in [2.05, 4.69) is 28.1 Å². The summed E-state index contributed by atoms with van der Waals surface area (Å²) in [5.74, 6) is -0.0800. The normalized spacial score (nSPS) is 14.3. The van der Waals surface area contributed by atoms with Gasteiger partial charge in [-0.3, -0.25) is 4.79 Å². The van der Waals surface area contributed by atoms with Crippen LogP contribution in [-0.2, 0) is 23.1 Å². The van der Waals surface area contributed by atoms with Gasteiger partial charge >= 0.3 is 6.09 Å². The molecule has 1 aliphatic carbocycles. The summed E-state index contributed by atoms with van der Waals surface area (Å²) in [4.78, 5) is 26.3. The molecule has 0 aliphatic heterocycles. The molecule has 0 unspecified atom stereocenters. The number of ether oxygens (including phenoxy) is 1. The van der Waals surface area contributed by atoms with Crippen molar-refractivity contribution in [3.8, 4) is 0 Å².